The van der Waals surface area contributed by atoms with Crippen LogP contribution in [0.3, 0.4) is 0 Å². The number of thioether (sulfide) groups is 1. The van der Waals surface area contributed by atoms with Gasteiger partial charge in [-0.05, 0) is 11.6 Å². The van der Waals surface area contributed by atoms with Crippen molar-refractivity contribution in [1.29, 1.82) is 0 Å². The maximum absolute atomic E-state index is 10.8. The Kier molecular flexibility index (Phi) is 5.33. The summed E-state index contributed by atoms with van der Waals surface area (Å²) in [7, 11) is 0. The van der Waals surface area contributed by atoms with E-state index in [1.165, 1.54) is 25.1 Å². The Morgan fingerprint density at radius 3 is 2.67 bits per heavy atom. The minimum atomic E-state index is -1.33. The Labute approximate surface area is 108 Å². The van der Waals surface area contributed by atoms with E-state index in [2.05, 4.69) is 0 Å². The zero-order valence-electron chi connectivity index (χ0n) is 9.74. The normalized spacial score (nSPS) is 13.9. The number of carbonyl (C=O) groups excluding carboxylic acids is 2. The van der Waals surface area contributed by atoms with Crippen LogP contribution in [0.25, 0.3) is 0 Å². The maximum Gasteiger partial charge on any atom is 0.185 e. The number of phenolic OH excluding ortho intramolecular Hbond substituents is 1. The van der Waals surface area contributed by atoms with Gasteiger partial charge in [-0.3, -0.25) is 9.59 Å². The van der Waals surface area contributed by atoms with Crippen molar-refractivity contribution in [3.63, 3.8) is 0 Å². The molecule has 2 unspecified atom stereocenters. The third-order valence-electron chi connectivity index (χ3n) is 2.38. The van der Waals surface area contributed by atoms with Crippen LogP contribution in [0.15, 0.2) is 18.2 Å². The summed E-state index contributed by atoms with van der Waals surface area (Å²) in [5.41, 5.74) is 0.0820. The fourth-order valence-corrected chi connectivity index (χ4v) is 2.05. The van der Waals surface area contributed by atoms with E-state index in [4.69, 9.17) is 0 Å². The van der Waals surface area contributed by atoms with Crippen molar-refractivity contribution >= 4 is 23.2 Å². The summed E-state index contributed by atoms with van der Waals surface area (Å²) in [4.78, 5) is 21.6. The zero-order valence-corrected chi connectivity index (χ0v) is 10.6. The minimum Gasteiger partial charge on any atom is -0.507 e. The lowest BCUT2D eigenvalue weighted by Gasteiger charge is -2.19. The third-order valence-corrected chi connectivity index (χ3v) is 3.29. The highest BCUT2D eigenvalue weighted by molar-refractivity contribution is 8.13. The molecule has 0 saturated heterocycles. The molecule has 0 fully saturated rings. The summed E-state index contributed by atoms with van der Waals surface area (Å²) in [6.45, 7) is 1.36. The molecule has 0 aromatic heterocycles. The number of carbonyl (C=O) groups is 2. The van der Waals surface area contributed by atoms with Gasteiger partial charge in [0.1, 0.15) is 11.9 Å². The van der Waals surface area contributed by atoms with Gasteiger partial charge >= 0.3 is 0 Å². The van der Waals surface area contributed by atoms with Gasteiger partial charge in [-0.25, -0.2) is 0 Å². The van der Waals surface area contributed by atoms with Crippen LogP contribution in [0.5, 0.6) is 5.75 Å². The lowest BCUT2D eigenvalue weighted by atomic mass is 9.99. The first kappa shape index (κ1) is 14.7. The summed E-state index contributed by atoms with van der Waals surface area (Å²) >= 11 is 0.880. The van der Waals surface area contributed by atoms with Crippen molar-refractivity contribution in [3.05, 3.63) is 29.3 Å². The van der Waals surface area contributed by atoms with E-state index >= 15 is 0 Å². The molecule has 0 aliphatic heterocycles. The SMILES string of the molecule is CC(=O)SCC(O)C(O)c1cccc(O)c1C=O. The Balaban J connectivity index is 2.89. The number of benzene rings is 1. The predicted molar refractivity (Wildman–Crippen MR) is 67.6 cm³/mol. The van der Waals surface area contributed by atoms with Gasteiger partial charge in [0.2, 0.25) is 0 Å². The standard InChI is InChI=1S/C12H14O5S/c1-7(14)18-6-11(16)12(17)8-3-2-4-10(15)9(8)5-13/h2-5,11-12,15-17H,6H2,1H3. The second-order valence-corrected chi connectivity index (χ2v) is 4.91. The van der Waals surface area contributed by atoms with Crippen molar-refractivity contribution in [2.45, 2.75) is 19.1 Å². The second-order valence-electron chi connectivity index (χ2n) is 3.71. The van der Waals surface area contributed by atoms with Crippen LogP contribution >= 0.6 is 11.8 Å². The second kappa shape index (κ2) is 6.53. The monoisotopic (exact) mass is 270 g/mol. The van der Waals surface area contributed by atoms with E-state index in [1.807, 2.05) is 0 Å². The molecular formula is C12H14O5S. The van der Waals surface area contributed by atoms with E-state index < -0.39 is 12.2 Å². The molecule has 0 spiro atoms. The van der Waals surface area contributed by atoms with E-state index in [-0.39, 0.29) is 27.7 Å². The average molecular weight is 270 g/mol. The van der Waals surface area contributed by atoms with Crippen LogP contribution in [0.1, 0.15) is 28.9 Å². The number of aliphatic hydroxyl groups excluding tert-OH is 2. The first-order chi connectivity index (χ1) is 8.47. The molecule has 1 aromatic carbocycles. The Hall–Kier alpha value is -1.37. The molecule has 0 aliphatic carbocycles. The Morgan fingerprint density at radius 2 is 2.11 bits per heavy atom. The van der Waals surface area contributed by atoms with Gasteiger partial charge < -0.3 is 15.3 Å². The summed E-state index contributed by atoms with van der Waals surface area (Å²) in [6, 6.07) is 4.22. The molecule has 3 N–H and O–H groups in total. The van der Waals surface area contributed by atoms with E-state index in [1.54, 1.807) is 0 Å². The van der Waals surface area contributed by atoms with Gasteiger partial charge in [0.05, 0.1) is 11.7 Å². The van der Waals surface area contributed by atoms with Crippen molar-refractivity contribution in [1.82, 2.24) is 0 Å². The van der Waals surface area contributed by atoms with Gasteiger partial charge in [0.25, 0.3) is 0 Å². The van der Waals surface area contributed by atoms with E-state index in [0.717, 1.165) is 11.8 Å². The quantitative estimate of drug-likeness (QED) is 0.687. The molecule has 98 valence electrons. The van der Waals surface area contributed by atoms with E-state index in [0.29, 0.717) is 6.29 Å². The van der Waals surface area contributed by atoms with Crippen molar-refractivity contribution in [2.75, 3.05) is 5.75 Å². The van der Waals surface area contributed by atoms with Crippen molar-refractivity contribution in [3.8, 4) is 5.75 Å². The fourth-order valence-electron chi connectivity index (χ4n) is 1.46. The molecule has 2 atom stereocenters. The molecular weight excluding hydrogens is 256 g/mol. The van der Waals surface area contributed by atoms with Gasteiger partial charge in [-0.2, -0.15) is 0 Å². The molecule has 5 nitrogen and oxygen atoms in total. The van der Waals surface area contributed by atoms with Gasteiger partial charge in [0, 0.05) is 12.7 Å². The maximum atomic E-state index is 10.8. The van der Waals surface area contributed by atoms with Crippen LogP contribution in [-0.4, -0.2) is 38.6 Å². The van der Waals surface area contributed by atoms with Crippen molar-refractivity contribution in [2.24, 2.45) is 0 Å². The van der Waals surface area contributed by atoms with Crippen LogP contribution in [0.2, 0.25) is 0 Å². The number of aliphatic hydroxyl groups is 2. The summed E-state index contributed by atoms with van der Waals surface area (Å²) < 4.78 is 0. The fraction of sp³-hybridized carbons (Fsp3) is 0.333. The third kappa shape index (κ3) is 3.56. The van der Waals surface area contributed by atoms with Crippen LogP contribution in [-0.2, 0) is 4.79 Å². The zero-order chi connectivity index (χ0) is 13.7. The van der Waals surface area contributed by atoms with Gasteiger partial charge in [0.15, 0.2) is 11.4 Å². The molecule has 0 amide bonds. The first-order valence-corrected chi connectivity index (χ1v) is 6.22. The van der Waals surface area contributed by atoms with Crippen LogP contribution in [0.4, 0.5) is 0 Å². The van der Waals surface area contributed by atoms with Crippen molar-refractivity contribution < 1.29 is 24.9 Å². The topological polar surface area (TPSA) is 94.8 Å². The summed E-state index contributed by atoms with van der Waals surface area (Å²) in [6.07, 6.45) is -2.11. The number of hydrogen-bond donors (Lipinski definition) is 3. The molecule has 0 heterocycles. The molecule has 6 heteroatoms. The molecule has 0 radical (unpaired) electrons. The molecule has 1 rings (SSSR count). The predicted octanol–water partition coefficient (Wildman–Crippen LogP) is 0.879. The number of rotatable bonds is 5. The highest BCUT2D eigenvalue weighted by Crippen LogP contribution is 2.27. The first-order valence-electron chi connectivity index (χ1n) is 5.24. The summed E-state index contributed by atoms with van der Waals surface area (Å²) in [5.74, 6) is -0.238. The number of hydrogen-bond acceptors (Lipinski definition) is 6. The Morgan fingerprint density at radius 1 is 1.44 bits per heavy atom. The molecule has 18 heavy (non-hydrogen) atoms. The highest BCUT2D eigenvalue weighted by atomic mass is 32.2. The smallest absolute Gasteiger partial charge is 0.185 e. The average Bonchev–Trinajstić information content (AvgIpc) is 2.34. The molecule has 1 aromatic rings. The number of aldehydes is 1. The minimum absolute atomic E-state index is 0.0183. The molecule has 0 aliphatic rings. The lowest BCUT2D eigenvalue weighted by molar-refractivity contribution is -0.109. The lowest BCUT2D eigenvalue weighted by Crippen LogP contribution is -2.22. The number of aromatic hydroxyl groups is 1. The van der Waals surface area contributed by atoms with Crippen LogP contribution < -0.4 is 0 Å². The largest absolute Gasteiger partial charge is 0.507 e. The summed E-state index contributed by atoms with van der Waals surface area (Å²) in [5, 5.41) is 28.9. The highest BCUT2D eigenvalue weighted by Gasteiger charge is 2.22. The Bertz CT molecular complexity index is 446. The van der Waals surface area contributed by atoms with Crippen LogP contribution in [0, 0.1) is 0 Å². The number of phenols is 1. The molecule has 0 bridgehead atoms. The molecule has 0 saturated carbocycles. The van der Waals surface area contributed by atoms with Gasteiger partial charge in [-0.15, -0.1) is 0 Å². The van der Waals surface area contributed by atoms with Gasteiger partial charge in [-0.1, -0.05) is 23.9 Å². The van der Waals surface area contributed by atoms with E-state index in [9.17, 15) is 24.9 Å².